The van der Waals surface area contributed by atoms with Crippen molar-refractivity contribution in [1.82, 2.24) is 5.32 Å². The van der Waals surface area contributed by atoms with Gasteiger partial charge in [-0.3, -0.25) is 4.79 Å². The molecule has 0 bridgehead atoms. The molecule has 4 nitrogen and oxygen atoms in total. The van der Waals surface area contributed by atoms with Crippen molar-refractivity contribution < 1.29 is 14.6 Å². The quantitative estimate of drug-likeness (QED) is 0.816. The fraction of sp³-hybridized carbons (Fsp3) is 0.500. The molecule has 2 N–H and O–H groups in total. The maximum absolute atomic E-state index is 11.8. The molecule has 0 aliphatic heterocycles. The Morgan fingerprint density at radius 1 is 1.19 bits per heavy atom. The summed E-state index contributed by atoms with van der Waals surface area (Å²) in [4.78, 5) is 11.8. The fourth-order valence-electron chi connectivity index (χ4n) is 2.29. The molecule has 116 valence electrons. The van der Waals surface area contributed by atoms with Gasteiger partial charge in [-0.05, 0) is 18.9 Å². The van der Waals surface area contributed by atoms with Crippen molar-refractivity contribution >= 4 is 40.7 Å². The van der Waals surface area contributed by atoms with Gasteiger partial charge in [0.15, 0.2) is 6.61 Å². The number of hydrogen-bond acceptors (Lipinski definition) is 3. The molecule has 1 aromatic carbocycles. The van der Waals surface area contributed by atoms with Gasteiger partial charge >= 0.3 is 0 Å². The lowest BCUT2D eigenvalue weighted by Gasteiger charge is -2.28. The van der Waals surface area contributed by atoms with Gasteiger partial charge in [-0.2, -0.15) is 0 Å². The highest BCUT2D eigenvalue weighted by Crippen LogP contribution is 2.33. The van der Waals surface area contributed by atoms with Crippen LogP contribution in [0, 0.1) is 0 Å². The van der Waals surface area contributed by atoms with Crippen LogP contribution in [-0.4, -0.2) is 29.8 Å². The maximum Gasteiger partial charge on any atom is 0.258 e. The van der Waals surface area contributed by atoms with E-state index in [0.717, 1.165) is 19.3 Å². The van der Waals surface area contributed by atoms with E-state index < -0.39 is 6.10 Å². The van der Waals surface area contributed by atoms with Crippen LogP contribution in [0.2, 0.25) is 15.1 Å². The van der Waals surface area contributed by atoms with Crippen LogP contribution in [0.3, 0.4) is 0 Å². The summed E-state index contributed by atoms with van der Waals surface area (Å²) >= 11 is 17.6. The first-order valence-electron chi connectivity index (χ1n) is 6.72. The van der Waals surface area contributed by atoms with Crippen molar-refractivity contribution in [2.24, 2.45) is 0 Å². The molecule has 1 aromatic rings. The van der Waals surface area contributed by atoms with E-state index in [1.54, 1.807) is 0 Å². The minimum atomic E-state index is -0.490. The first-order chi connectivity index (χ1) is 9.97. The van der Waals surface area contributed by atoms with Crippen molar-refractivity contribution in [2.45, 2.75) is 37.8 Å². The van der Waals surface area contributed by atoms with Crippen LogP contribution < -0.4 is 10.1 Å². The average molecular weight is 353 g/mol. The predicted octanol–water partition coefficient (Wildman–Crippen LogP) is 3.45. The third-order valence-electron chi connectivity index (χ3n) is 3.41. The second-order valence-electron chi connectivity index (χ2n) is 5.01. The zero-order valence-corrected chi connectivity index (χ0v) is 13.5. The van der Waals surface area contributed by atoms with Crippen LogP contribution in [-0.2, 0) is 4.79 Å². The normalized spacial score (nSPS) is 21.9. The number of halogens is 3. The third kappa shape index (κ3) is 4.65. The average Bonchev–Trinajstić information content (AvgIpc) is 2.44. The van der Waals surface area contributed by atoms with Crippen LogP contribution >= 0.6 is 34.8 Å². The monoisotopic (exact) mass is 351 g/mol. The number of rotatable bonds is 4. The number of ether oxygens (including phenoxy) is 1. The molecule has 1 amide bonds. The second-order valence-corrected chi connectivity index (χ2v) is 6.23. The van der Waals surface area contributed by atoms with E-state index in [1.165, 1.54) is 12.1 Å². The first kappa shape index (κ1) is 16.7. The molecular weight excluding hydrogens is 337 g/mol. The summed E-state index contributed by atoms with van der Waals surface area (Å²) in [6.07, 6.45) is 2.99. The number of carbonyl (C=O) groups excluding carboxylic acids is 1. The molecule has 0 spiro atoms. The molecule has 0 radical (unpaired) electrons. The standard InChI is InChI=1S/C14H16Cl3NO3/c15-8-5-10(17)13(6-9(8)16)21-7-14(20)18-11-3-1-2-4-12(11)19/h5-6,11-12,19H,1-4,7H2,(H,18,20)/t11-,12-/m1/s1. The third-order valence-corrected chi connectivity index (χ3v) is 4.43. The molecule has 1 fully saturated rings. The molecule has 7 heteroatoms. The summed E-state index contributed by atoms with van der Waals surface area (Å²) in [5, 5.41) is 13.5. The minimum Gasteiger partial charge on any atom is -0.482 e. The van der Waals surface area contributed by atoms with Gasteiger partial charge in [-0.15, -0.1) is 0 Å². The number of aliphatic hydroxyl groups excluding tert-OH is 1. The lowest BCUT2D eigenvalue weighted by atomic mass is 9.92. The van der Waals surface area contributed by atoms with Crippen LogP contribution in [0.15, 0.2) is 12.1 Å². The molecule has 21 heavy (non-hydrogen) atoms. The highest BCUT2D eigenvalue weighted by molar-refractivity contribution is 6.43. The van der Waals surface area contributed by atoms with Gasteiger partial charge in [0.05, 0.1) is 27.2 Å². The van der Waals surface area contributed by atoms with E-state index in [4.69, 9.17) is 39.5 Å². The van der Waals surface area contributed by atoms with Crippen molar-refractivity contribution in [3.05, 3.63) is 27.2 Å². The first-order valence-corrected chi connectivity index (χ1v) is 7.85. The molecular formula is C14H16Cl3NO3. The smallest absolute Gasteiger partial charge is 0.258 e. The van der Waals surface area contributed by atoms with Crippen molar-refractivity contribution in [1.29, 1.82) is 0 Å². The van der Waals surface area contributed by atoms with Gasteiger partial charge in [0, 0.05) is 6.07 Å². The van der Waals surface area contributed by atoms with Crippen molar-refractivity contribution in [3.8, 4) is 5.75 Å². The van der Waals surface area contributed by atoms with Crippen molar-refractivity contribution in [2.75, 3.05) is 6.61 Å². The number of benzene rings is 1. The van der Waals surface area contributed by atoms with E-state index in [9.17, 15) is 9.90 Å². The summed E-state index contributed by atoms with van der Waals surface area (Å²) < 4.78 is 5.34. The van der Waals surface area contributed by atoms with E-state index >= 15 is 0 Å². The Hall–Kier alpha value is -0.680. The SMILES string of the molecule is O=C(COc1cc(Cl)c(Cl)cc1Cl)N[C@@H]1CCCC[C@H]1O. The highest BCUT2D eigenvalue weighted by atomic mass is 35.5. The van der Waals surface area contributed by atoms with Crippen molar-refractivity contribution in [3.63, 3.8) is 0 Å². The Kier molecular flexibility index (Phi) is 5.99. The van der Waals surface area contributed by atoms with Gasteiger partial charge in [-0.1, -0.05) is 47.6 Å². The lowest BCUT2D eigenvalue weighted by molar-refractivity contribution is -0.125. The summed E-state index contributed by atoms with van der Waals surface area (Å²) in [5.41, 5.74) is 0. The van der Waals surface area contributed by atoms with Crippen LogP contribution in [0.25, 0.3) is 0 Å². The number of nitrogens with one attached hydrogen (secondary N) is 1. The minimum absolute atomic E-state index is 0.194. The van der Waals surface area contributed by atoms with Crippen LogP contribution in [0.4, 0.5) is 0 Å². The molecule has 0 heterocycles. The van der Waals surface area contributed by atoms with Gasteiger partial charge < -0.3 is 15.2 Å². The van der Waals surface area contributed by atoms with E-state index in [-0.39, 0.29) is 23.6 Å². The molecule has 1 aliphatic rings. The maximum atomic E-state index is 11.8. The summed E-state index contributed by atoms with van der Waals surface area (Å²) in [5.74, 6) is -0.00602. The Labute approximate surface area is 138 Å². The Balaban J connectivity index is 1.88. The lowest BCUT2D eigenvalue weighted by Crippen LogP contribution is -2.46. The van der Waals surface area contributed by atoms with Gasteiger partial charge in [0.1, 0.15) is 5.75 Å². The fourth-order valence-corrected chi connectivity index (χ4v) is 2.88. The molecule has 2 rings (SSSR count). The zero-order chi connectivity index (χ0) is 15.4. The van der Waals surface area contributed by atoms with Crippen LogP contribution in [0.5, 0.6) is 5.75 Å². The Morgan fingerprint density at radius 3 is 2.57 bits per heavy atom. The van der Waals surface area contributed by atoms with Gasteiger partial charge in [-0.25, -0.2) is 0 Å². The van der Waals surface area contributed by atoms with E-state index in [2.05, 4.69) is 5.32 Å². The molecule has 1 aliphatic carbocycles. The molecule has 1 saturated carbocycles. The topological polar surface area (TPSA) is 58.6 Å². The molecule has 0 aromatic heterocycles. The summed E-state index contributed by atoms with van der Waals surface area (Å²) in [6.45, 7) is -0.194. The molecule has 2 atom stereocenters. The molecule has 0 unspecified atom stereocenters. The number of aliphatic hydroxyl groups is 1. The number of amides is 1. The Morgan fingerprint density at radius 2 is 1.86 bits per heavy atom. The summed E-state index contributed by atoms with van der Waals surface area (Å²) in [7, 11) is 0. The largest absolute Gasteiger partial charge is 0.482 e. The number of hydrogen-bond donors (Lipinski definition) is 2. The summed E-state index contributed by atoms with van der Waals surface area (Å²) in [6, 6.07) is 2.72. The predicted molar refractivity (Wildman–Crippen MR) is 83.4 cm³/mol. The van der Waals surface area contributed by atoms with E-state index in [0.29, 0.717) is 22.2 Å². The van der Waals surface area contributed by atoms with E-state index in [1.807, 2.05) is 0 Å². The second kappa shape index (κ2) is 7.54. The van der Waals surface area contributed by atoms with Gasteiger partial charge in [0.25, 0.3) is 5.91 Å². The van der Waals surface area contributed by atoms with Crippen LogP contribution in [0.1, 0.15) is 25.7 Å². The highest BCUT2D eigenvalue weighted by Gasteiger charge is 2.24. The molecule has 0 saturated heterocycles. The number of carbonyl (C=O) groups is 1. The Bertz CT molecular complexity index is 524. The zero-order valence-electron chi connectivity index (χ0n) is 11.2. The van der Waals surface area contributed by atoms with Gasteiger partial charge in [0.2, 0.25) is 0 Å².